The first-order valence-electron chi connectivity index (χ1n) is 10.8. The van der Waals surface area contributed by atoms with Crippen molar-refractivity contribution in [3.8, 4) is 0 Å². The van der Waals surface area contributed by atoms with Gasteiger partial charge in [0.05, 0.1) is 18.1 Å². The lowest BCUT2D eigenvalue weighted by Crippen LogP contribution is -2.40. The van der Waals surface area contributed by atoms with Crippen molar-refractivity contribution in [1.29, 1.82) is 0 Å². The second-order valence-electron chi connectivity index (χ2n) is 7.96. The third-order valence-electron chi connectivity index (χ3n) is 5.75. The summed E-state index contributed by atoms with van der Waals surface area (Å²) in [6, 6.07) is 13.8. The van der Waals surface area contributed by atoms with Crippen molar-refractivity contribution in [1.82, 2.24) is 14.5 Å². The minimum atomic E-state index is -3.58. The van der Waals surface area contributed by atoms with Crippen molar-refractivity contribution in [3.63, 3.8) is 0 Å². The molecule has 0 radical (unpaired) electrons. The maximum atomic E-state index is 12.7. The van der Waals surface area contributed by atoms with Gasteiger partial charge in [-0.05, 0) is 41.8 Å². The Morgan fingerprint density at radius 1 is 0.938 bits per heavy atom. The summed E-state index contributed by atoms with van der Waals surface area (Å²) in [6.45, 7) is 3.22. The van der Waals surface area contributed by atoms with Crippen molar-refractivity contribution in [3.05, 3.63) is 65.2 Å². The Balaban J connectivity index is 1.31. The zero-order valence-electron chi connectivity index (χ0n) is 17.8. The van der Waals surface area contributed by atoms with E-state index >= 15 is 0 Å². The molecule has 8 nitrogen and oxygen atoms in total. The summed E-state index contributed by atoms with van der Waals surface area (Å²) in [5.41, 5.74) is 2.41. The minimum Gasteiger partial charge on any atom is -0.379 e. The van der Waals surface area contributed by atoms with Crippen LogP contribution in [0.5, 0.6) is 0 Å². The molecular formula is C23H27N3O5S. The van der Waals surface area contributed by atoms with Gasteiger partial charge in [-0.25, -0.2) is 8.42 Å². The number of ether oxygens (including phenoxy) is 1. The molecule has 1 N–H and O–H groups in total. The van der Waals surface area contributed by atoms with Crippen LogP contribution in [0.15, 0.2) is 53.4 Å². The normalized spacial score (nSPS) is 17.5. The van der Waals surface area contributed by atoms with Crippen molar-refractivity contribution in [2.45, 2.75) is 30.8 Å². The molecule has 0 bridgehead atoms. The maximum Gasteiger partial charge on any atom is 0.251 e. The SMILES string of the molecule is O=C(NCc1ccc(CN2CCCC2=O)cc1)c1ccc(S(=O)(=O)N2CCOCC2)cc1. The first kappa shape index (κ1) is 22.4. The number of hydrogen-bond acceptors (Lipinski definition) is 5. The van der Waals surface area contributed by atoms with Gasteiger partial charge < -0.3 is 15.0 Å². The molecule has 0 saturated carbocycles. The second kappa shape index (κ2) is 9.81. The zero-order chi connectivity index (χ0) is 22.6. The molecule has 2 fully saturated rings. The number of benzene rings is 2. The highest BCUT2D eigenvalue weighted by Gasteiger charge is 2.26. The van der Waals surface area contributed by atoms with Gasteiger partial charge in [0.1, 0.15) is 0 Å². The summed E-state index contributed by atoms with van der Waals surface area (Å²) in [6.07, 6.45) is 1.55. The summed E-state index contributed by atoms with van der Waals surface area (Å²) in [5.74, 6) is -0.0721. The molecule has 2 aromatic rings. The molecule has 32 heavy (non-hydrogen) atoms. The lowest BCUT2D eigenvalue weighted by Gasteiger charge is -2.26. The van der Waals surface area contributed by atoms with Gasteiger partial charge in [-0.3, -0.25) is 9.59 Å². The quantitative estimate of drug-likeness (QED) is 0.684. The Hall–Kier alpha value is -2.75. The highest BCUT2D eigenvalue weighted by molar-refractivity contribution is 7.89. The number of nitrogens with zero attached hydrogens (tertiary/aromatic N) is 2. The van der Waals surface area contributed by atoms with Gasteiger partial charge in [0.2, 0.25) is 15.9 Å². The molecule has 170 valence electrons. The molecule has 0 unspecified atom stereocenters. The first-order chi connectivity index (χ1) is 15.4. The van der Waals surface area contributed by atoms with Gasteiger partial charge in [-0.2, -0.15) is 4.31 Å². The average molecular weight is 458 g/mol. The van der Waals surface area contributed by atoms with Crippen molar-refractivity contribution in [2.24, 2.45) is 0 Å². The molecule has 0 spiro atoms. The number of carbonyl (C=O) groups excluding carboxylic acids is 2. The molecule has 2 heterocycles. The van der Waals surface area contributed by atoms with E-state index in [1.54, 1.807) is 0 Å². The van der Waals surface area contributed by atoms with E-state index in [0.717, 1.165) is 24.1 Å². The van der Waals surface area contributed by atoms with Crippen LogP contribution in [0.3, 0.4) is 0 Å². The number of rotatable bonds is 7. The van der Waals surface area contributed by atoms with Gasteiger partial charge in [0.25, 0.3) is 5.91 Å². The lowest BCUT2D eigenvalue weighted by molar-refractivity contribution is -0.128. The Labute approximate surface area is 188 Å². The predicted octanol–water partition coefficient (Wildman–Crippen LogP) is 1.76. The number of morpholine rings is 1. The summed E-state index contributed by atoms with van der Waals surface area (Å²) < 4.78 is 32.0. The van der Waals surface area contributed by atoms with Gasteiger partial charge in [0.15, 0.2) is 0 Å². The van der Waals surface area contributed by atoms with Crippen LogP contribution in [0.4, 0.5) is 0 Å². The third kappa shape index (κ3) is 5.17. The van der Waals surface area contributed by atoms with E-state index < -0.39 is 10.0 Å². The van der Waals surface area contributed by atoms with Crippen LogP contribution in [-0.4, -0.2) is 62.3 Å². The number of carbonyl (C=O) groups is 2. The Morgan fingerprint density at radius 3 is 2.22 bits per heavy atom. The van der Waals surface area contributed by atoms with E-state index in [4.69, 9.17) is 4.74 Å². The van der Waals surface area contributed by atoms with E-state index in [1.807, 2.05) is 29.2 Å². The standard InChI is InChI=1S/C23H27N3O5S/c27-22-2-1-11-25(22)17-19-5-3-18(4-6-19)16-24-23(28)20-7-9-21(10-8-20)32(29,30)26-12-14-31-15-13-26/h3-10H,1-2,11-17H2,(H,24,28). The number of sulfonamides is 1. The summed E-state index contributed by atoms with van der Waals surface area (Å²) >= 11 is 0. The number of amides is 2. The largest absolute Gasteiger partial charge is 0.379 e. The van der Waals surface area contributed by atoms with E-state index in [9.17, 15) is 18.0 Å². The second-order valence-corrected chi connectivity index (χ2v) is 9.90. The molecule has 0 atom stereocenters. The van der Waals surface area contributed by atoms with Crippen LogP contribution in [0.1, 0.15) is 34.3 Å². The van der Waals surface area contributed by atoms with E-state index in [0.29, 0.717) is 51.4 Å². The average Bonchev–Trinajstić information content (AvgIpc) is 3.23. The molecule has 2 amide bonds. The molecule has 2 aromatic carbocycles. The molecule has 4 rings (SSSR count). The highest BCUT2D eigenvalue weighted by Crippen LogP contribution is 2.18. The van der Waals surface area contributed by atoms with Crippen LogP contribution < -0.4 is 5.32 Å². The van der Waals surface area contributed by atoms with E-state index in [2.05, 4.69) is 5.32 Å². The maximum absolute atomic E-state index is 12.7. The van der Waals surface area contributed by atoms with Crippen LogP contribution in [0.2, 0.25) is 0 Å². The topological polar surface area (TPSA) is 96.0 Å². The fourth-order valence-electron chi connectivity index (χ4n) is 3.85. The van der Waals surface area contributed by atoms with Crippen molar-refractivity contribution < 1.29 is 22.7 Å². The smallest absolute Gasteiger partial charge is 0.251 e. The Kier molecular flexibility index (Phi) is 6.88. The van der Waals surface area contributed by atoms with Crippen LogP contribution in [0.25, 0.3) is 0 Å². The van der Waals surface area contributed by atoms with Crippen molar-refractivity contribution >= 4 is 21.8 Å². The molecule has 2 saturated heterocycles. The third-order valence-corrected chi connectivity index (χ3v) is 7.66. The summed E-state index contributed by atoms with van der Waals surface area (Å²) in [5, 5.41) is 2.86. The van der Waals surface area contributed by atoms with Gasteiger partial charge in [0, 0.05) is 44.7 Å². The summed E-state index contributed by atoms with van der Waals surface area (Å²) in [4.78, 5) is 26.3. The highest BCUT2D eigenvalue weighted by atomic mass is 32.2. The number of likely N-dealkylation sites (tertiary alicyclic amines) is 1. The lowest BCUT2D eigenvalue weighted by atomic mass is 10.1. The molecule has 9 heteroatoms. The molecular weight excluding hydrogens is 430 g/mol. The predicted molar refractivity (Wildman–Crippen MR) is 118 cm³/mol. The van der Waals surface area contributed by atoms with Gasteiger partial charge >= 0.3 is 0 Å². The van der Waals surface area contributed by atoms with Crippen LogP contribution in [-0.2, 0) is 32.6 Å². The number of nitrogens with one attached hydrogen (secondary N) is 1. The molecule has 2 aliphatic rings. The minimum absolute atomic E-state index is 0.169. The first-order valence-corrected chi connectivity index (χ1v) is 12.2. The zero-order valence-corrected chi connectivity index (χ0v) is 18.6. The monoisotopic (exact) mass is 457 g/mol. The van der Waals surface area contributed by atoms with Gasteiger partial charge in [-0.15, -0.1) is 0 Å². The number of hydrogen-bond donors (Lipinski definition) is 1. The Morgan fingerprint density at radius 2 is 1.59 bits per heavy atom. The Bertz CT molecular complexity index is 1060. The molecule has 2 aliphatic heterocycles. The van der Waals surface area contributed by atoms with E-state index in [-0.39, 0.29) is 16.7 Å². The van der Waals surface area contributed by atoms with Crippen molar-refractivity contribution in [2.75, 3.05) is 32.8 Å². The fourth-order valence-corrected chi connectivity index (χ4v) is 5.26. The molecule has 0 aromatic heterocycles. The fraction of sp³-hybridized carbons (Fsp3) is 0.391. The van der Waals surface area contributed by atoms with Crippen LogP contribution >= 0.6 is 0 Å². The van der Waals surface area contributed by atoms with E-state index in [1.165, 1.54) is 28.6 Å². The summed E-state index contributed by atoms with van der Waals surface area (Å²) in [7, 11) is -3.58. The van der Waals surface area contributed by atoms with Gasteiger partial charge in [-0.1, -0.05) is 24.3 Å². The van der Waals surface area contributed by atoms with Crippen LogP contribution in [0, 0.1) is 0 Å². The molecule has 0 aliphatic carbocycles.